The highest BCUT2D eigenvalue weighted by Crippen LogP contribution is 2.39. The quantitative estimate of drug-likeness (QED) is 0.726. The summed E-state index contributed by atoms with van der Waals surface area (Å²) in [6.45, 7) is 3.40. The topological polar surface area (TPSA) is 73.9 Å². The van der Waals surface area contributed by atoms with Crippen molar-refractivity contribution in [1.29, 1.82) is 0 Å². The smallest absolute Gasteiger partial charge is 0.230 e. The number of aromatic hydroxyl groups is 1. The fourth-order valence-corrected chi connectivity index (χ4v) is 3.73. The van der Waals surface area contributed by atoms with Crippen molar-refractivity contribution in [2.75, 3.05) is 19.7 Å². The van der Waals surface area contributed by atoms with E-state index in [1.54, 1.807) is 0 Å². The largest absolute Gasteiger partial charge is 0.492 e. The predicted molar refractivity (Wildman–Crippen MR) is 85.1 cm³/mol. The summed E-state index contributed by atoms with van der Waals surface area (Å²) in [4.78, 5) is 7.72. The third-order valence-electron chi connectivity index (χ3n) is 3.66. The maximum absolute atomic E-state index is 10.5. The first-order chi connectivity index (χ1) is 10.8. The lowest BCUT2D eigenvalue weighted by atomic mass is 10.0. The number of aliphatic hydroxyl groups excluding tert-OH is 1. The first-order valence-electron chi connectivity index (χ1n) is 7.17. The van der Waals surface area contributed by atoms with Crippen molar-refractivity contribution in [2.24, 2.45) is 0 Å². The summed E-state index contributed by atoms with van der Waals surface area (Å²) in [5.41, 5.74) is 1.07. The molecule has 3 aromatic rings. The molecule has 0 radical (unpaired) electrons. The van der Waals surface area contributed by atoms with Gasteiger partial charge in [-0.3, -0.25) is 4.90 Å². The second-order valence-electron chi connectivity index (χ2n) is 4.91. The zero-order chi connectivity index (χ0) is 15.5. The molecule has 2 aromatic heterocycles. The lowest BCUT2D eigenvalue weighted by Crippen LogP contribution is -2.31. The number of hydrogen-bond acceptors (Lipinski definition) is 6. The molecule has 22 heavy (non-hydrogen) atoms. The van der Waals surface area contributed by atoms with Crippen LogP contribution in [-0.2, 0) is 0 Å². The molecule has 1 unspecified atom stereocenters. The molecule has 0 bridgehead atoms. The van der Waals surface area contributed by atoms with E-state index in [1.807, 2.05) is 37.3 Å². The lowest BCUT2D eigenvalue weighted by molar-refractivity contribution is 0.174. The van der Waals surface area contributed by atoms with Crippen LogP contribution in [-0.4, -0.2) is 49.4 Å². The third-order valence-corrected chi connectivity index (χ3v) is 4.75. The van der Waals surface area contributed by atoms with Crippen LogP contribution in [0.3, 0.4) is 0 Å². The fraction of sp³-hybridized carbons (Fsp3) is 0.333. The molecule has 0 saturated carbocycles. The summed E-state index contributed by atoms with van der Waals surface area (Å²) in [6, 6.07) is 9.84. The Hall–Kier alpha value is -1.96. The fourth-order valence-electron chi connectivity index (χ4n) is 2.63. The van der Waals surface area contributed by atoms with Crippen LogP contribution in [0.2, 0.25) is 0 Å². The van der Waals surface area contributed by atoms with E-state index in [0.717, 1.165) is 17.0 Å². The van der Waals surface area contributed by atoms with Crippen molar-refractivity contribution in [3.8, 4) is 5.88 Å². The van der Waals surface area contributed by atoms with Crippen molar-refractivity contribution in [2.45, 2.75) is 13.0 Å². The Morgan fingerprint density at radius 1 is 1.32 bits per heavy atom. The van der Waals surface area contributed by atoms with Crippen LogP contribution in [0.4, 0.5) is 0 Å². The molecule has 0 saturated heterocycles. The van der Waals surface area contributed by atoms with E-state index in [1.165, 1.54) is 22.2 Å². The van der Waals surface area contributed by atoms with E-state index in [9.17, 15) is 10.2 Å². The van der Waals surface area contributed by atoms with Crippen LogP contribution in [0, 0.1) is 0 Å². The van der Waals surface area contributed by atoms with Crippen molar-refractivity contribution >= 4 is 16.3 Å². The number of benzene rings is 1. The van der Waals surface area contributed by atoms with Crippen LogP contribution >= 0.6 is 11.3 Å². The minimum atomic E-state index is -0.133. The lowest BCUT2D eigenvalue weighted by Gasteiger charge is -2.29. The maximum Gasteiger partial charge on any atom is 0.230 e. The summed E-state index contributed by atoms with van der Waals surface area (Å²) < 4.78 is 1.45. The molecule has 0 aliphatic heterocycles. The van der Waals surface area contributed by atoms with E-state index >= 15 is 0 Å². The van der Waals surface area contributed by atoms with E-state index in [2.05, 4.69) is 15.0 Å². The van der Waals surface area contributed by atoms with Gasteiger partial charge in [0.15, 0.2) is 0 Å². The molecule has 116 valence electrons. The molecule has 7 heteroatoms. The van der Waals surface area contributed by atoms with Crippen molar-refractivity contribution < 1.29 is 10.2 Å². The van der Waals surface area contributed by atoms with Gasteiger partial charge in [0.2, 0.25) is 10.8 Å². The molecule has 2 N–H and O–H groups in total. The van der Waals surface area contributed by atoms with Gasteiger partial charge in [-0.25, -0.2) is 4.98 Å². The number of rotatable bonds is 6. The first kappa shape index (κ1) is 15.0. The molecule has 0 amide bonds. The Kier molecular flexibility index (Phi) is 4.37. The third kappa shape index (κ3) is 2.58. The normalized spacial score (nSPS) is 13.0. The molecular formula is C15H18N4O2S. The number of hydrogen-bond donors (Lipinski definition) is 2. The SMILES string of the molecule is CCN(CCO)C(c1ccccc1)c1sc2ncnn2c1O. The number of nitrogens with zero attached hydrogens (tertiary/aromatic N) is 4. The number of aromatic nitrogens is 3. The van der Waals surface area contributed by atoms with Gasteiger partial charge in [0.1, 0.15) is 6.33 Å². The van der Waals surface area contributed by atoms with Gasteiger partial charge >= 0.3 is 0 Å². The zero-order valence-electron chi connectivity index (χ0n) is 12.3. The Balaban J connectivity index is 2.11. The van der Waals surface area contributed by atoms with Crippen LogP contribution < -0.4 is 0 Å². The molecule has 3 rings (SSSR count). The van der Waals surface area contributed by atoms with Gasteiger partial charge in [0.05, 0.1) is 17.5 Å². The predicted octanol–water partition coefficient (Wildman–Crippen LogP) is 1.90. The van der Waals surface area contributed by atoms with E-state index < -0.39 is 0 Å². The summed E-state index contributed by atoms with van der Waals surface area (Å²) >= 11 is 1.42. The van der Waals surface area contributed by atoms with Gasteiger partial charge in [-0.15, -0.1) is 0 Å². The van der Waals surface area contributed by atoms with E-state index in [4.69, 9.17) is 0 Å². The minimum absolute atomic E-state index is 0.0682. The van der Waals surface area contributed by atoms with Gasteiger partial charge in [-0.05, 0) is 12.1 Å². The standard InChI is InChI=1S/C15H18N4O2S/c1-2-18(8-9-20)12(11-6-4-3-5-7-11)13-14(21)19-15(22-13)16-10-17-19/h3-7,10,12,20-21H,2,8-9H2,1H3. The van der Waals surface area contributed by atoms with Crippen LogP contribution in [0.25, 0.3) is 4.96 Å². The van der Waals surface area contributed by atoms with Crippen LogP contribution in [0.1, 0.15) is 23.4 Å². The molecule has 0 fully saturated rings. The monoisotopic (exact) mass is 318 g/mol. The summed E-state index contributed by atoms with van der Waals surface area (Å²) in [5.74, 6) is 0.114. The van der Waals surface area contributed by atoms with E-state index in [0.29, 0.717) is 11.5 Å². The second-order valence-corrected chi connectivity index (χ2v) is 5.92. The Bertz CT molecular complexity index is 740. The maximum atomic E-state index is 10.5. The van der Waals surface area contributed by atoms with Gasteiger partial charge < -0.3 is 10.2 Å². The van der Waals surface area contributed by atoms with Crippen molar-refractivity contribution in [1.82, 2.24) is 19.5 Å². The first-order valence-corrected chi connectivity index (χ1v) is 7.99. The van der Waals surface area contributed by atoms with E-state index in [-0.39, 0.29) is 18.5 Å². The number of fused-ring (bicyclic) bond motifs is 1. The van der Waals surface area contributed by atoms with Crippen LogP contribution in [0.15, 0.2) is 36.7 Å². The van der Waals surface area contributed by atoms with Gasteiger partial charge in [0.25, 0.3) is 0 Å². The number of aliphatic hydroxyl groups is 1. The Labute approximate surface area is 132 Å². The Morgan fingerprint density at radius 2 is 2.09 bits per heavy atom. The summed E-state index contributed by atoms with van der Waals surface area (Å²) in [7, 11) is 0. The summed E-state index contributed by atoms with van der Waals surface area (Å²) in [5, 5.41) is 23.9. The molecule has 1 atom stereocenters. The van der Waals surface area contributed by atoms with Gasteiger partial charge in [0, 0.05) is 6.54 Å². The molecule has 0 spiro atoms. The average Bonchev–Trinajstić information content (AvgIpc) is 3.12. The molecule has 1 aromatic carbocycles. The zero-order valence-corrected chi connectivity index (χ0v) is 13.1. The van der Waals surface area contributed by atoms with Crippen molar-refractivity contribution in [3.63, 3.8) is 0 Å². The molecule has 2 heterocycles. The van der Waals surface area contributed by atoms with Gasteiger partial charge in [-0.2, -0.15) is 9.61 Å². The minimum Gasteiger partial charge on any atom is -0.492 e. The van der Waals surface area contributed by atoms with Gasteiger partial charge in [-0.1, -0.05) is 48.6 Å². The molecule has 0 aliphatic rings. The molecular weight excluding hydrogens is 300 g/mol. The number of likely N-dealkylation sites (N-methyl/N-ethyl adjacent to an activating group) is 1. The highest BCUT2D eigenvalue weighted by molar-refractivity contribution is 7.17. The molecule has 0 aliphatic carbocycles. The van der Waals surface area contributed by atoms with Crippen molar-refractivity contribution in [3.05, 3.63) is 47.1 Å². The highest BCUT2D eigenvalue weighted by Gasteiger charge is 2.27. The average molecular weight is 318 g/mol. The number of thiazole rings is 1. The summed E-state index contributed by atoms with van der Waals surface area (Å²) in [6.07, 6.45) is 1.43. The second kappa shape index (κ2) is 6.43. The highest BCUT2D eigenvalue weighted by atomic mass is 32.1. The Morgan fingerprint density at radius 3 is 2.73 bits per heavy atom. The van der Waals surface area contributed by atoms with Crippen LogP contribution in [0.5, 0.6) is 5.88 Å². The molecule has 6 nitrogen and oxygen atoms in total.